The maximum absolute atomic E-state index is 5.96. The van der Waals surface area contributed by atoms with Gasteiger partial charge in [0.1, 0.15) is 5.82 Å². The molecular formula is C12H22N4. The third kappa shape index (κ3) is 2.62. The Balaban J connectivity index is 1.84. The summed E-state index contributed by atoms with van der Waals surface area (Å²) in [6.45, 7) is 7.60. The quantitative estimate of drug-likeness (QED) is 0.830. The number of aromatic nitrogens is 2. The summed E-state index contributed by atoms with van der Waals surface area (Å²) in [5, 5.41) is 0. The zero-order valence-corrected chi connectivity index (χ0v) is 10.3. The lowest BCUT2D eigenvalue weighted by Gasteiger charge is -2.36. The molecule has 2 unspecified atom stereocenters. The van der Waals surface area contributed by atoms with Crippen LogP contribution in [0.15, 0.2) is 12.4 Å². The molecule has 1 aliphatic heterocycles. The molecule has 2 N–H and O–H groups in total. The van der Waals surface area contributed by atoms with Crippen LogP contribution < -0.4 is 5.73 Å². The van der Waals surface area contributed by atoms with Crippen molar-refractivity contribution in [2.45, 2.75) is 45.3 Å². The van der Waals surface area contributed by atoms with Crippen LogP contribution in [0, 0.1) is 6.92 Å². The Kier molecular flexibility index (Phi) is 3.61. The molecule has 1 aliphatic rings. The van der Waals surface area contributed by atoms with Gasteiger partial charge in [0.05, 0.1) is 0 Å². The maximum Gasteiger partial charge on any atom is 0.105 e. The van der Waals surface area contributed by atoms with Crippen molar-refractivity contribution < 1.29 is 0 Å². The third-order valence-electron chi connectivity index (χ3n) is 3.61. The molecule has 0 amide bonds. The molecule has 4 nitrogen and oxygen atoms in total. The van der Waals surface area contributed by atoms with Crippen molar-refractivity contribution in [1.82, 2.24) is 14.5 Å². The molecular weight excluding hydrogens is 200 g/mol. The van der Waals surface area contributed by atoms with Crippen LogP contribution in [0.3, 0.4) is 0 Å². The van der Waals surface area contributed by atoms with E-state index < -0.39 is 0 Å². The molecule has 0 spiro atoms. The number of aryl methyl sites for hydroxylation is 1. The zero-order valence-electron chi connectivity index (χ0n) is 10.3. The number of nitrogens with two attached hydrogens (primary N) is 1. The summed E-state index contributed by atoms with van der Waals surface area (Å²) in [6, 6.07) is 1.02. The minimum absolute atomic E-state index is 0.404. The first-order chi connectivity index (χ1) is 7.66. The number of piperidine rings is 1. The Morgan fingerprint density at radius 1 is 1.50 bits per heavy atom. The Morgan fingerprint density at radius 2 is 2.31 bits per heavy atom. The molecule has 0 aromatic carbocycles. The van der Waals surface area contributed by atoms with Crippen LogP contribution in [0.25, 0.3) is 0 Å². The second-order valence-corrected chi connectivity index (χ2v) is 4.84. The van der Waals surface area contributed by atoms with E-state index in [0.717, 1.165) is 38.3 Å². The van der Waals surface area contributed by atoms with E-state index in [2.05, 4.69) is 34.5 Å². The van der Waals surface area contributed by atoms with Gasteiger partial charge in [0.2, 0.25) is 0 Å². The predicted molar refractivity (Wildman–Crippen MR) is 65.2 cm³/mol. The van der Waals surface area contributed by atoms with Gasteiger partial charge in [-0.2, -0.15) is 0 Å². The molecule has 0 bridgehead atoms. The van der Waals surface area contributed by atoms with E-state index in [1.165, 1.54) is 0 Å². The number of rotatable bonds is 3. The molecule has 1 fully saturated rings. The summed E-state index contributed by atoms with van der Waals surface area (Å²) in [4.78, 5) is 6.77. The summed E-state index contributed by atoms with van der Waals surface area (Å²) in [5.74, 6) is 1.10. The standard InChI is InChI=1S/C12H22N4/c1-10-9-12(13)3-5-15(10)7-8-16-6-4-14-11(16)2/h4,6,10,12H,3,5,7-9,13H2,1-2H3. The van der Waals surface area contributed by atoms with Gasteiger partial charge in [-0.1, -0.05) is 0 Å². The number of imidazole rings is 1. The van der Waals surface area contributed by atoms with E-state index in [0.29, 0.717) is 12.1 Å². The SMILES string of the molecule is Cc1nccn1CCN1CCC(N)CC1C. The van der Waals surface area contributed by atoms with Crippen LogP contribution >= 0.6 is 0 Å². The molecule has 2 heterocycles. The van der Waals surface area contributed by atoms with Crippen molar-refractivity contribution in [1.29, 1.82) is 0 Å². The lowest BCUT2D eigenvalue weighted by Crippen LogP contribution is -2.46. The van der Waals surface area contributed by atoms with Gasteiger partial charge in [-0.15, -0.1) is 0 Å². The van der Waals surface area contributed by atoms with Crippen molar-refractivity contribution in [3.8, 4) is 0 Å². The number of hydrogen-bond donors (Lipinski definition) is 1. The minimum Gasteiger partial charge on any atom is -0.334 e. The number of likely N-dealkylation sites (tertiary alicyclic amines) is 1. The molecule has 2 atom stereocenters. The second kappa shape index (κ2) is 4.97. The molecule has 1 saturated heterocycles. The largest absolute Gasteiger partial charge is 0.334 e. The van der Waals surface area contributed by atoms with Gasteiger partial charge in [-0.3, -0.25) is 4.90 Å². The van der Waals surface area contributed by atoms with Crippen LogP contribution in [0.2, 0.25) is 0 Å². The third-order valence-corrected chi connectivity index (χ3v) is 3.61. The Labute approximate surface area is 97.4 Å². The number of hydrogen-bond acceptors (Lipinski definition) is 3. The fourth-order valence-electron chi connectivity index (χ4n) is 2.47. The van der Waals surface area contributed by atoms with Crippen LogP contribution in [-0.4, -0.2) is 39.6 Å². The fourth-order valence-corrected chi connectivity index (χ4v) is 2.47. The van der Waals surface area contributed by atoms with Gasteiger partial charge in [0.15, 0.2) is 0 Å². The smallest absolute Gasteiger partial charge is 0.105 e. The van der Waals surface area contributed by atoms with Crippen LogP contribution in [-0.2, 0) is 6.54 Å². The van der Waals surface area contributed by atoms with Gasteiger partial charge >= 0.3 is 0 Å². The van der Waals surface area contributed by atoms with Crippen molar-refractivity contribution in [3.63, 3.8) is 0 Å². The maximum atomic E-state index is 5.96. The molecule has 0 aliphatic carbocycles. The van der Waals surface area contributed by atoms with E-state index in [4.69, 9.17) is 5.73 Å². The molecule has 1 aromatic rings. The van der Waals surface area contributed by atoms with Gasteiger partial charge < -0.3 is 10.3 Å². The monoisotopic (exact) mass is 222 g/mol. The van der Waals surface area contributed by atoms with Crippen LogP contribution in [0.5, 0.6) is 0 Å². The zero-order chi connectivity index (χ0) is 11.5. The molecule has 1 aromatic heterocycles. The van der Waals surface area contributed by atoms with Crippen molar-refractivity contribution >= 4 is 0 Å². The Hall–Kier alpha value is -0.870. The van der Waals surface area contributed by atoms with Gasteiger partial charge in [-0.05, 0) is 33.2 Å². The average molecular weight is 222 g/mol. The first-order valence-corrected chi connectivity index (χ1v) is 6.14. The fraction of sp³-hybridized carbons (Fsp3) is 0.750. The summed E-state index contributed by atoms with van der Waals surface area (Å²) in [6.07, 6.45) is 6.18. The summed E-state index contributed by atoms with van der Waals surface area (Å²) in [7, 11) is 0. The lowest BCUT2D eigenvalue weighted by molar-refractivity contribution is 0.142. The van der Waals surface area contributed by atoms with E-state index in [9.17, 15) is 0 Å². The first-order valence-electron chi connectivity index (χ1n) is 6.14. The normalized spacial score (nSPS) is 27.2. The van der Waals surface area contributed by atoms with Crippen molar-refractivity contribution in [2.75, 3.05) is 13.1 Å². The van der Waals surface area contributed by atoms with Crippen molar-refractivity contribution in [3.05, 3.63) is 18.2 Å². The van der Waals surface area contributed by atoms with E-state index in [-0.39, 0.29) is 0 Å². The van der Waals surface area contributed by atoms with E-state index in [1.807, 2.05) is 6.20 Å². The number of nitrogens with zero attached hydrogens (tertiary/aromatic N) is 3. The highest BCUT2D eigenvalue weighted by Gasteiger charge is 2.22. The Bertz CT molecular complexity index is 334. The molecule has 2 rings (SSSR count). The van der Waals surface area contributed by atoms with Crippen LogP contribution in [0.1, 0.15) is 25.6 Å². The average Bonchev–Trinajstić information content (AvgIpc) is 2.63. The summed E-state index contributed by atoms with van der Waals surface area (Å²) < 4.78 is 2.21. The molecule has 16 heavy (non-hydrogen) atoms. The second-order valence-electron chi connectivity index (χ2n) is 4.84. The minimum atomic E-state index is 0.404. The van der Waals surface area contributed by atoms with Crippen molar-refractivity contribution in [2.24, 2.45) is 5.73 Å². The molecule has 0 radical (unpaired) electrons. The van der Waals surface area contributed by atoms with Gasteiger partial charge in [0, 0.05) is 37.6 Å². The van der Waals surface area contributed by atoms with Gasteiger partial charge in [-0.25, -0.2) is 4.98 Å². The first kappa shape index (κ1) is 11.6. The predicted octanol–water partition coefficient (Wildman–Crippen LogP) is 1.00. The summed E-state index contributed by atoms with van der Waals surface area (Å²) >= 11 is 0. The van der Waals surface area contributed by atoms with E-state index in [1.54, 1.807) is 0 Å². The highest BCUT2D eigenvalue weighted by molar-refractivity contribution is 4.89. The van der Waals surface area contributed by atoms with Crippen LogP contribution in [0.4, 0.5) is 0 Å². The summed E-state index contributed by atoms with van der Waals surface area (Å²) in [5.41, 5.74) is 5.96. The van der Waals surface area contributed by atoms with E-state index >= 15 is 0 Å². The van der Waals surface area contributed by atoms with Gasteiger partial charge in [0.25, 0.3) is 0 Å². The highest BCUT2D eigenvalue weighted by atomic mass is 15.2. The Morgan fingerprint density at radius 3 is 2.94 bits per heavy atom. The topological polar surface area (TPSA) is 47.1 Å². The molecule has 0 saturated carbocycles. The highest BCUT2D eigenvalue weighted by Crippen LogP contribution is 2.15. The molecule has 4 heteroatoms. The lowest BCUT2D eigenvalue weighted by atomic mass is 9.99. The molecule has 90 valence electrons.